The van der Waals surface area contributed by atoms with E-state index in [9.17, 15) is 4.39 Å². The fourth-order valence-electron chi connectivity index (χ4n) is 1.75. The van der Waals surface area contributed by atoms with Crippen molar-refractivity contribution in [3.8, 4) is 0 Å². The number of hydrogen-bond acceptors (Lipinski definition) is 3. The van der Waals surface area contributed by atoms with Crippen molar-refractivity contribution in [2.75, 3.05) is 0 Å². The number of aromatic nitrogens is 1. The average Bonchev–Trinajstić information content (AvgIpc) is 2.39. The number of halogens is 3. The van der Waals surface area contributed by atoms with Crippen LogP contribution in [-0.2, 0) is 6.42 Å². The summed E-state index contributed by atoms with van der Waals surface area (Å²) in [6.07, 6.45) is 2.08. The number of pyridine rings is 1. The molecule has 1 atom stereocenters. The molecule has 0 saturated heterocycles. The van der Waals surface area contributed by atoms with E-state index in [4.69, 9.17) is 17.4 Å². The van der Waals surface area contributed by atoms with Crippen LogP contribution in [0.25, 0.3) is 0 Å². The van der Waals surface area contributed by atoms with E-state index in [0.717, 1.165) is 10.2 Å². The van der Waals surface area contributed by atoms with Gasteiger partial charge in [-0.05, 0) is 52.2 Å². The molecule has 2 rings (SSSR count). The number of hydrazine groups is 1. The van der Waals surface area contributed by atoms with Crippen LogP contribution in [-0.4, -0.2) is 4.98 Å². The molecule has 6 heteroatoms. The number of nitrogens with two attached hydrogens (primary N) is 1. The molecule has 0 spiro atoms. The lowest BCUT2D eigenvalue weighted by Gasteiger charge is -2.16. The van der Waals surface area contributed by atoms with Crippen LogP contribution in [0.5, 0.6) is 0 Å². The molecule has 0 fully saturated rings. The molecule has 0 saturated carbocycles. The summed E-state index contributed by atoms with van der Waals surface area (Å²) in [7, 11) is 0. The number of rotatable bonds is 4. The zero-order chi connectivity index (χ0) is 13.8. The van der Waals surface area contributed by atoms with Crippen LogP contribution in [0, 0.1) is 5.82 Å². The minimum absolute atomic E-state index is 0.260. The third-order valence-corrected chi connectivity index (χ3v) is 3.45. The summed E-state index contributed by atoms with van der Waals surface area (Å²) in [5.41, 5.74) is 3.94. The number of nitrogens with zero attached hydrogens (tertiary/aromatic N) is 1. The van der Waals surface area contributed by atoms with Crippen molar-refractivity contribution in [1.82, 2.24) is 10.4 Å². The Morgan fingerprint density at radius 2 is 2.16 bits per heavy atom. The number of nitrogens with one attached hydrogen (secondary N) is 1. The van der Waals surface area contributed by atoms with E-state index in [1.54, 1.807) is 18.3 Å². The van der Waals surface area contributed by atoms with Gasteiger partial charge in [-0.15, -0.1) is 0 Å². The molecule has 1 unspecified atom stereocenters. The van der Waals surface area contributed by atoms with Crippen LogP contribution in [0.2, 0.25) is 5.02 Å². The fourth-order valence-corrected chi connectivity index (χ4v) is 2.14. The Morgan fingerprint density at radius 3 is 2.74 bits per heavy atom. The average molecular weight is 345 g/mol. The summed E-state index contributed by atoms with van der Waals surface area (Å²) in [5.74, 6) is 5.18. The highest BCUT2D eigenvalue weighted by atomic mass is 79.9. The Kier molecular flexibility index (Phi) is 4.87. The second-order valence-corrected chi connectivity index (χ2v) is 5.41. The molecular weight excluding hydrogens is 333 g/mol. The molecular formula is C13H12BrClFN3. The van der Waals surface area contributed by atoms with Crippen molar-refractivity contribution in [2.45, 2.75) is 12.5 Å². The normalized spacial score (nSPS) is 12.4. The highest BCUT2D eigenvalue weighted by molar-refractivity contribution is 9.10. The first kappa shape index (κ1) is 14.4. The molecule has 0 aliphatic heterocycles. The predicted molar refractivity (Wildman–Crippen MR) is 77.1 cm³/mol. The number of hydrogen-bond donors (Lipinski definition) is 2. The smallest absolute Gasteiger partial charge is 0.127 e. The van der Waals surface area contributed by atoms with Gasteiger partial charge >= 0.3 is 0 Å². The molecule has 100 valence electrons. The van der Waals surface area contributed by atoms with E-state index in [0.29, 0.717) is 17.0 Å². The minimum atomic E-state index is -0.343. The van der Waals surface area contributed by atoms with Gasteiger partial charge in [0.15, 0.2) is 0 Å². The van der Waals surface area contributed by atoms with Crippen LogP contribution >= 0.6 is 27.5 Å². The zero-order valence-corrected chi connectivity index (χ0v) is 12.2. The fraction of sp³-hybridized carbons (Fsp3) is 0.154. The summed E-state index contributed by atoms with van der Waals surface area (Å²) in [6, 6.07) is 8.04. The van der Waals surface area contributed by atoms with Gasteiger partial charge < -0.3 is 0 Å². The standard InChI is InChI=1S/C13H12BrClFN3/c14-9-2-4-12(18-7-9)13(19-17)5-8-1-3-10(15)6-11(8)16/h1-4,6-7,13,19H,5,17H2. The van der Waals surface area contributed by atoms with Gasteiger partial charge in [-0.3, -0.25) is 16.3 Å². The molecule has 1 heterocycles. The van der Waals surface area contributed by atoms with Crippen LogP contribution in [0.3, 0.4) is 0 Å². The van der Waals surface area contributed by atoms with Crippen molar-refractivity contribution in [1.29, 1.82) is 0 Å². The SMILES string of the molecule is NNC(Cc1ccc(Cl)cc1F)c1ccc(Br)cn1. The van der Waals surface area contributed by atoms with E-state index < -0.39 is 0 Å². The summed E-state index contributed by atoms with van der Waals surface area (Å²) in [6.45, 7) is 0. The molecule has 0 aliphatic carbocycles. The van der Waals surface area contributed by atoms with E-state index in [1.165, 1.54) is 6.07 Å². The number of benzene rings is 1. The lowest BCUT2D eigenvalue weighted by atomic mass is 10.0. The van der Waals surface area contributed by atoms with E-state index >= 15 is 0 Å². The van der Waals surface area contributed by atoms with Gasteiger partial charge in [-0.25, -0.2) is 4.39 Å². The van der Waals surface area contributed by atoms with Gasteiger partial charge in [0.1, 0.15) is 5.82 Å². The van der Waals surface area contributed by atoms with Gasteiger partial charge in [-0.2, -0.15) is 0 Å². The largest absolute Gasteiger partial charge is 0.271 e. The van der Waals surface area contributed by atoms with Crippen LogP contribution in [0.1, 0.15) is 17.3 Å². The Hall–Kier alpha value is -1.01. The van der Waals surface area contributed by atoms with Crippen molar-refractivity contribution in [2.24, 2.45) is 5.84 Å². The molecule has 3 N–H and O–H groups in total. The second-order valence-electron chi connectivity index (χ2n) is 4.06. The van der Waals surface area contributed by atoms with Crippen LogP contribution in [0.4, 0.5) is 4.39 Å². The molecule has 19 heavy (non-hydrogen) atoms. The van der Waals surface area contributed by atoms with Crippen molar-refractivity contribution in [3.63, 3.8) is 0 Å². The highest BCUT2D eigenvalue weighted by Crippen LogP contribution is 2.21. The monoisotopic (exact) mass is 343 g/mol. The molecule has 0 amide bonds. The van der Waals surface area contributed by atoms with Crippen molar-refractivity contribution in [3.05, 3.63) is 63.1 Å². The summed E-state index contributed by atoms with van der Waals surface area (Å²) < 4.78 is 14.6. The molecule has 2 aromatic rings. The predicted octanol–water partition coefficient (Wildman–Crippen LogP) is 3.38. The van der Waals surface area contributed by atoms with E-state index in [-0.39, 0.29) is 11.9 Å². The molecule has 0 radical (unpaired) electrons. The first-order valence-corrected chi connectivity index (χ1v) is 6.78. The highest BCUT2D eigenvalue weighted by Gasteiger charge is 2.14. The first-order chi connectivity index (χ1) is 9.10. The topological polar surface area (TPSA) is 50.9 Å². The Bertz CT molecular complexity index is 562. The maximum absolute atomic E-state index is 13.7. The summed E-state index contributed by atoms with van der Waals surface area (Å²) in [5, 5.41) is 0.375. The summed E-state index contributed by atoms with van der Waals surface area (Å²) in [4.78, 5) is 4.25. The molecule has 1 aromatic carbocycles. The quantitative estimate of drug-likeness (QED) is 0.660. The van der Waals surface area contributed by atoms with Gasteiger partial charge in [0.2, 0.25) is 0 Å². The minimum Gasteiger partial charge on any atom is -0.271 e. The Balaban J connectivity index is 2.21. The molecule has 0 aliphatic rings. The Labute approximate surface area is 124 Å². The van der Waals surface area contributed by atoms with E-state index in [1.807, 2.05) is 12.1 Å². The van der Waals surface area contributed by atoms with Crippen molar-refractivity contribution < 1.29 is 4.39 Å². The second kappa shape index (κ2) is 6.43. The maximum atomic E-state index is 13.7. The molecule has 3 nitrogen and oxygen atoms in total. The molecule has 0 bridgehead atoms. The van der Waals surface area contributed by atoms with Gasteiger partial charge in [-0.1, -0.05) is 17.7 Å². The van der Waals surface area contributed by atoms with Gasteiger partial charge in [0.05, 0.1) is 11.7 Å². The van der Waals surface area contributed by atoms with Gasteiger partial charge in [0.25, 0.3) is 0 Å². The maximum Gasteiger partial charge on any atom is 0.127 e. The molecule has 1 aromatic heterocycles. The lowest BCUT2D eigenvalue weighted by Crippen LogP contribution is -2.30. The van der Waals surface area contributed by atoms with Crippen LogP contribution < -0.4 is 11.3 Å². The Morgan fingerprint density at radius 1 is 1.37 bits per heavy atom. The van der Waals surface area contributed by atoms with Crippen LogP contribution in [0.15, 0.2) is 41.0 Å². The van der Waals surface area contributed by atoms with Crippen molar-refractivity contribution >= 4 is 27.5 Å². The first-order valence-electron chi connectivity index (χ1n) is 5.61. The lowest BCUT2D eigenvalue weighted by molar-refractivity contribution is 0.519. The third kappa shape index (κ3) is 3.73. The zero-order valence-electron chi connectivity index (χ0n) is 9.91. The third-order valence-electron chi connectivity index (χ3n) is 2.75. The van der Waals surface area contributed by atoms with Gasteiger partial charge in [0, 0.05) is 15.7 Å². The van der Waals surface area contributed by atoms with E-state index in [2.05, 4.69) is 26.3 Å². The summed E-state index contributed by atoms with van der Waals surface area (Å²) >= 11 is 9.04.